The van der Waals surface area contributed by atoms with E-state index in [9.17, 15) is 4.79 Å². The first-order chi connectivity index (χ1) is 5.70. The highest BCUT2D eigenvalue weighted by atomic mass is 16.1. The van der Waals surface area contributed by atoms with Crippen LogP contribution in [0.1, 0.15) is 26.7 Å². The van der Waals surface area contributed by atoms with Gasteiger partial charge < -0.3 is 5.32 Å². The van der Waals surface area contributed by atoms with Crippen LogP contribution in [0.5, 0.6) is 0 Å². The van der Waals surface area contributed by atoms with E-state index >= 15 is 0 Å². The van der Waals surface area contributed by atoms with Gasteiger partial charge in [-0.1, -0.05) is 20.3 Å². The average Bonchev–Trinajstić information content (AvgIpc) is 2.41. The van der Waals surface area contributed by atoms with Crippen molar-refractivity contribution in [3.63, 3.8) is 0 Å². The summed E-state index contributed by atoms with van der Waals surface area (Å²) in [5.74, 6) is 2.78. The van der Waals surface area contributed by atoms with Crippen molar-refractivity contribution < 1.29 is 4.79 Å². The Balaban J connectivity index is 2.14. The van der Waals surface area contributed by atoms with Crippen LogP contribution in [0.25, 0.3) is 0 Å². The van der Waals surface area contributed by atoms with E-state index in [1.54, 1.807) is 0 Å². The minimum Gasteiger partial charge on any atom is -0.356 e. The number of carbonyl (C=O) groups is 1. The molecule has 2 heteroatoms. The Morgan fingerprint density at radius 3 is 2.75 bits per heavy atom. The first kappa shape index (κ1) is 8.09. The quantitative estimate of drug-likeness (QED) is 0.580. The van der Waals surface area contributed by atoms with E-state index in [0.717, 1.165) is 18.4 Å². The van der Waals surface area contributed by atoms with Gasteiger partial charge in [0.25, 0.3) is 0 Å². The molecule has 1 saturated carbocycles. The number of hydrogen-bond donors (Lipinski definition) is 1. The minimum absolute atomic E-state index is 0.258. The molecule has 68 valence electrons. The molecule has 4 atom stereocenters. The zero-order chi connectivity index (χ0) is 8.72. The third-order valence-corrected chi connectivity index (χ3v) is 3.80. The molecule has 0 aromatic carbocycles. The van der Waals surface area contributed by atoms with E-state index in [1.807, 2.05) is 0 Å². The number of fused-ring (bicyclic) bond motifs is 1. The number of carbonyl (C=O) groups excluding carboxylic acids is 1. The van der Waals surface area contributed by atoms with Crippen molar-refractivity contribution in [3.05, 3.63) is 0 Å². The number of amides is 1. The molecule has 1 aliphatic carbocycles. The third-order valence-electron chi connectivity index (χ3n) is 3.80. The van der Waals surface area contributed by atoms with Crippen LogP contribution in [0.4, 0.5) is 0 Å². The second-order valence-corrected chi connectivity index (χ2v) is 4.42. The predicted molar refractivity (Wildman–Crippen MR) is 47.6 cm³/mol. The summed E-state index contributed by atoms with van der Waals surface area (Å²) >= 11 is 0. The molecule has 0 radical (unpaired) electrons. The van der Waals surface area contributed by atoms with Gasteiger partial charge in [-0.15, -0.1) is 0 Å². The van der Waals surface area contributed by atoms with Gasteiger partial charge in [0, 0.05) is 12.5 Å². The number of nitrogens with one attached hydrogen (secondary N) is 1. The Morgan fingerprint density at radius 2 is 2.00 bits per heavy atom. The average molecular weight is 167 g/mol. The fourth-order valence-electron chi connectivity index (χ4n) is 2.85. The van der Waals surface area contributed by atoms with Gasteiger partial charge in [0.1, 0.15) is 0 Å². The highest BCUT2D eigenvalue weighted by Gasteiger charge is 2.42. The molecule has 2 rings (SSSR count). The maximum absolute atomic E-state index is 11.3. The van der Waals surface area contributed by atoms with Crippen molar-refractivity contribution in [3.8, 4) is 0 Å². The molecule has 2 aliphatic rings. The lowest BCUT2D eigenvalue weighted by molar-refractivity contribution is -0.129. The lowest BCUT2D eigenvalue weighted by Crippen LogP contribution is -2.45. The van der Waals surface area contributed by atoms with E-state index < -0.39 is 0 Å². The second-order valence-electron chi connectivity index (χ2n) is 4.42. The zero-order valence-corrected chi connectivity index (χ0v) is 7.84. The van der Waals surface area contributed by atoms with Gasteiger partial charge in [-0.2, -0.15) is 0 Å². The summed E-state index contributed by atoms with van der Waals surface area (Å²) in [5.41, 5.74) is 0. The van der Waals surface area contributed by atoms with Crippen molar-refractivity contribution in [2.24, 2.45) is 23.7 Å². The van der Waals surface area contributed by atoms with Crippen molar-refractivity contribution in [2.45, 2.75) is 26.7 Å². The summed E-state index contributed by atoms with van der Waals surface area (Å²) in [5, 5.41) is 2.99. The standard InChI is InChI=1S/C10H17NO/c1-6-3-4-8-7(2)10(12)11-5-9(6)8/h6-9H,3-5H2,1-2H3,(H,11,12)/t6-,7+,8+,9+/m1/s1. The molecular weight excluding hydrogens is 150 g/mol. The van der Waals surface area contributed by atoms with Gasteiger partial charge in [0.2, 0.25) is 5.91 Å². The molecule has 1 heterocycles. The Morgan fingerprint density at radius 1 is 1.25 bits per heavy atom. The Bertz CT molecular complexity index is 202. The van der Waals surface area contributed by atoms with Crippen LogP contribution in [0.3, 0.4) is 0 Å². The fraction of sp³-hybridized carbons (Fsp3) is 0.900. The van der Waals surface area contributed by atoms with Gasteiger partial charge >= 0.3 is 0 Å². The number of hydrogen-bond acceptors (Lipinski definition) is 1. The van der Waals surface area contributed by atoms with Crippen LogP contribution in [0.15, 0.2) is 0 Å². The molecule has 0 spiro atoms. The molecule has 0 bridgehead atoms. The van der Waals surface area contributed by atoms with Gasteiger partial charge in [0.05, 0.1) is 0 Å². The SMILES string of the molecule is C[C@@H]1CC[C@@H]2[C@H]1CNC(=O)[C@H]2C. The molecule has 1 saturated heterocycles. The summed E-state index contributed by atoms with van der Waals surface area (Å²) in [6.45, 7) is 5.31. The Hall–Kier alpha value is -0.530. The summed E-state index contributed by atoms with van der Waals surface area (Å²) < 4.78 is 0. The molecule has 2 nitrogen and oxygen atoms in total. The van der Waals surface area contributed by atoms with E-state index in [1.165, 1.54) is 12.8 Å². The van der Waals surface area contributed by atoms with Crippen LogP contribution in [-0.4, -0.2) is 12.5 Å². The maximum atomic E-state index is 11.3. The summed E-state index contributed by atoms with van der Waals surface area (Å²) in [4.78, 5) is 11.3. The molecule has 1 N–H and O–H groups in total. The largest absolute Gasteiger partial charge is 0.356 e. The van der Waals surface area contributed by atoms with Crippen molar-refractivity contribution >= 4 is 5.91 Å². The van der Waals surface area contributed by atoms with Gasteiger partial charge in [-0.25, -0.2) is 0 Å². The number of rotatable bonds is 0. The summed E-state index contributed by atoms with van der Waals surface area (Å²) in [7, 11) is 0. The summed E-state index contributed by atoms with van der Waals surface area (Å²) in [6, 6.07) is 0. The maximum Gasteiger partial charge on any atom is 0.223 e. The smallest absolute Gasteiger partial charge is 0.223 e. The monoisotopic (exact) mass is 167 g/mol. The van der Waals surface area contributed by atoms with Gasteiger partial charge in [-0.3, -0.25) is 4.79 Å². The van der Waals surface area contributed by atoms with Crippen molar-refractivity contribution in [1.82, 2.24) is 5.32 Å². The topological polar surface area (TPSA) is 29.1 Å². The van der Waals surface area contributed by atoms with E-state index in [0.29, 0.717) is 5.92 Å². The summed E-state index contributed by atoms with van der Waals surface area (Å²) in [6.07, 6.45) is 2.58. The molecule has 12 heavy (non-hydrogen) atoms. The normalized spacial score (nSPS) is 47.0. The first-order valence-corrected chi connectivity index (χ1v) is 4.98. The van der Waals surface area contributed by atoms with Crippen LogP contribution in [0, 0.1) is 23.7 Å². The van der Waals surface area contributed by atoms with Crippen LogP contribution in [-0.2, 0) is 4.79 Å². The Labute approximate surface area is 73.7 Å². The van der Waals surface area contributed by atoms with Gasteiger partial charge in [0.15, 0.2) is 0 Å². The highest BCUT2D eigenvalue weighted by molar-refractivity contribution is 5.79. The third kappa shape index (κ3) is 1.05. The Kier molecular flexibility index (Phi) is 1.85. The van der Waals surface area contributed by atoms with E-state index in [-0.39, 0.29) is 11.8 Å². The second kappa shape index (κ2) is 2.75. The molecule has 2 fully saturated rings. The van der Waals surface area contributed by atoms with Crippen LogP contribution in [0.2, 0.25) is 0 Å². The highest BCUT2D eigenvalue weighted by Crippen LogP contribution is 2.42. The van der Waals surface area contributed by atoms with E-state index in [2.05, 4.69) is 19.2 Å². The molecule has 1 aliphatic heterocycles. The van der Waals surface area contributed by atoms with E-state index in [4.69, 9.17) is 0 Å². The molecule has 1 amide bonds. The molecular formula is C10H17NO. The van der Waals surface area contributed by atoms with Gasteiger partial charge in [-0.05, 0) is 24.2 Å². The lowest BCUT2D eigenvalue weighted by Gasteiger charge is -2.32. The lowest BCUT2D eigenvalue weighted by atomic mass is 9.79. The zero-order valence-electron chi connectivity index (χ0n) is 7.84. The predicted octanol–water partition coefficient (Wildman–Crippen LogP) is 1.41. The molecule has 0 unspecified atom stereocenters. The fourth-order valence-corrected chi connectivity index (χ4v) is 2.85. The van der Waals surface area contributed by atoms with Crippen LogP contribution >= 0.6 is 0 Å². The molecule has 0 aromatic heterocycles. The van der Waals surface area contributed by atoms with Crippen LogP contribution < -0.4 is 5.32 Å². The van der Waals surface area contributed by atoms with Crippen molar-refractivity contribution in [1.29, 1.82) is 0 Å². The minimum atomic E-state index is 0.258. The first-order valence-electron chi connectivity index (χ1n) is 4.98. The number of piperidine rings is 1. The molecule has 0 aromatic rings. The van der Waals surface area contributed by atoms with Crippen molar-refractivity contribution in [2.75, 3.05) is 6.54 Å².